The van der Waals surface area contributed by atoms with Gasteiger partial charge < -0.3 is 10.5 Å². The molecule has 0 fully saturated rings. The predicted octanol–water partition coefficient (Wildman–Crippen LogP) is 0.798. The van der Waals surface area contributed by atoms with E-state index in [1.54, 1.807) is 0 Å². The molecule has 0 saturated carbocycles. The van der Waals surface area contributed by atoms with Crippen molar-refractivity contribution in [1.82, 2.24) is 4.37 Å². The molecule has 0 aromatic carbocycles. The largest absolute Gasteiger partial charge is 0.389 e. The Kier molecular flexibility index (Phi) is 1.35. The Balaban J connectivity index is 2.45. The molecular formula is C6H8N2OS. The molecule has 0 radical (unpaired) electrons. The van der Waals surface area contributed by atoms with Gasteiger partial charge in [-0.1, -0.05) is 0 Å². The summed E-state index contributed by atoms with van der Waals surface area (Å²) in [4.78, 5) is 0. The highest BCUT2D eigenvalue weighted by molar-refractivity contribution is 7.10. The molecule has 0 aliphatic carbocycles. The van der Waals surface area contributed by atoms with E-state index in [1.807, 2.05) is 0 Å². The van der Waals surface area contributed by atoms with Gasteiger partial charge in [0.05, 0.1) is 18.9 Å². The lowest BCUT2D eigenvalue weighted by Crippen LogP contribution is -2.09. The van der Waals surface area contributed by atoms with Gasteiger partial charge >= 0.3 is 0 Å². The molecule has 0 saturated heterocycles. The summed E-state index contributed by atoms with van der Waals surface area (Å²) in [5, 5.41) is 0.815. The molecular weight excluding hydrogens is 148 g/mol. The summed E-state index contributed by atoms with van der Waals surface area (Å²) >= 11 is 1.37. The number of nitrogen functional groups attached to an aromatic ring is 1. The fourth-order valence-corrected chi connectivity index (χ4v) is 1.75. The molecule has 10 heavy (non-hydrogen) atoms. The molecule has 2 rings (SSSR count). The summed E-state index contributed by atoms with van der Waals surface area (Å²) in [5.41, 5.74) is 7.88. The quantitative estimate of drug-likeness (QED) is 0.604. The molecule has 1 aliphatic rings. The number of hydrogen-bond donors (Lipinski definition) is 1. The third kappa shape index (κ3) is 0.803. The molecule has 1 aromatic heterocycles. The maximum absolute atomic E-state index is 5.64. The van der Waals surface area contributed by atoms with E-state index in [0.717, 1.165) is 29.3 Å². The number of hydrogen-bond acceptors (Lipinski definition) is 4. The maximum Gasteiger partial charge on any atom is 0.112 e. The van der Waals surface area contributed by atoms with Crippen LogP contribution in [0.2, 0.25) is 0 Å². The molecule has 0 unspecified atom stereocenters. The van der Waals surface area contributed by atoms with Crippen LogP contribution in [0.15, 0.2) is 0 Å². The number of aromatic nitrogens is 1. The number of nitrogens with zero attached hydrogens (tertiary/aromatic N) is 1. The van der Waals surface area contributed by atoms with E-state index in [0.29, 0.717) is 6.61 Å². The SMILES string of the molecule is Nc1snc2c1COCC2. The summed E-state index contributed by atoms with van der Waals surface area (Å²) in [6, 6.07) is 0. The molecule has 0 atom stereocenters. The second-order valence-electron chi connectivity index (χ2n) is 2.27. The van der Waals surface area contributed by atoms with Crippen molar-refractivity contribution in [3.63, 3.8) is 0 Å². The lowest BCUT2D eigenvalue weighted by molar-refractivity contribution is 0.110. The highest BCUT2D eigenvalue weighted by Gasteiger charge is 2.15. The highest BCUT2D eigenvalue weighted by atomic mass is 32.1. The van der Waals surface area contributed by atoms with E-state index < -0.39 is 0 Å². The summed E-state index contributed by atoms with van der Waals surface area (Å²) in [6.07, 6.45) is 0.920. The third-order valence-corrected chi connectivity index (χ3v) is 2.38. The third-order valence-electron chi connectivity index (χ3n) is 1.63. The van der Waals surface area contributed by atoms with Crippen LogP contribution >= 0.6 is 11.5 Å². The van der Waals surface area contributed by atoms with Gasteiger partial charge in [0.15, 0.2) is 0 Å². The van der Waals surface area contributed by atoms with Crippen molar-refractivity contribution in [3.8, 4) is 0 Å². The highest BCUT2D eigenvalue weighted by Crippen LogP contribution is 2.25. The summed E-state index contributed by atoms with van der Waals surface area (Å²) < 4.78 is 9.41. The van der Waals surface area contributed by atoms with Gasteiger partial charge in [-0.3, -0.25) is 0 Å². The van der Waals surface area contributed by atoms with Crippen LogP contribution in [0.25, 0.3) is 0 Å². The first-order valence-electron chi connectivity index (χ1n) is 3.18. The minimum Gasteiger partial charge on any atom is -0.389 e. The summed E-state index contributed by atoms with van der Waals surface area (Å²) in [7, 11) is 0. The fraction of sp³-hybridized carbons (Fsp3) is 0.500. The van der Waals surface area contributed by atoms with E-state index >= 15 is 0 Å². The van der Waals surface area contributed by atoms with Crippen LogP contribution in [0, 0.1) is 0 Å². The average molecular weight is 156 g/mol. The van der Waals surface area contributed by atoms with Gasteiger partial charge in [-0.15, -0.1) is 0 Å². The van der Waals surface area contributed by atoms with Crippen LogP contribution in [0.5, 0.6) is 0 Å². The standard InChI is InChI=1S/C6H8N2OS/c7-6-4-3-9-2-1-5(4)8-10-6/h1-3,7H2. The van der Waals surface area contributed by atoms with Crippen LogP contribution in [0.4, 0.5) is 5.00 Å². The zero-order valence-corrected chi connectivity index (χ0v) is 6.28. The Morgan fingerprint density at radius 3 is 3.30 bits per heavy atom. The topological polar surface area (TPSA) is 48.1 Å². The number of anilines is 1. The Morgan fingerprint density at radius 2 is 2.50 bits per heavy atom. The molecule has 2 heterocycles. The lowest BCUT2D eigenvalue weighted by Gasteiger charge is -2.10. The molecule has 4 heteroatoms. The Labute approximate surface area is 63.0 Å². The smallest absolute Gasteiger partial charge is 0.112 e. The summed E-state index contributed by atoms with van der Waals surface area (Å²) in [5.74, 6) is 0. The minimum absolute atomic E-state index is 0.650. The van der Waals surface area contributed by atoms with Gasteiger partial charge in [-0.05, 0) is 11.5 Å². The van der Waals surface area contributed by atoms with Crippen molar-refractivity contribution in [2.45, 2.75) is 13.0 Å². The molecule has 0 spiro atoms. The van der Waals surface area contributed by atoms with Gasteiger partial charge in [-0.2, -0.15) is 4.37 Å². The normalized spacial score (nSPS) is 16.8. The monoisotopic (exact) mass is 156 g/mol. The van der Waals surface area contributed by atoms with Crippen LogP contribution in [0.1, 0.15) is 11.3 Å². The maximum atomic E-state index is 5.64. The van der Waals surface area contributed by atoms with Crippen LogP contribution < -0.4 is 5.73 Å². The molecule has 0 bridgehead atoms. The van der Waals surface area contributed by atoms with Crippen molar-refractivity contribution < 1.29 is 4.74 Å². The van der Waals surface area contributed by atoms with Crippen LogP contribution in [0.3, 0.4) is 0 Å². The van der Waals surface area contributed by atoms with Gasteiger partial charge in [0.25, 0.3) is 0 Å². The van der Waals surface area contributed by atoms with E-state index in [4.69, 9.17) is 10.5 Å². The summed E-state index contributed by atoms with van der Waals surface area (Å²) in [6.45, 7) is 1.44. The minimum atomic E-state index is 0.650. The zero-order valence-electron chi connectivity index (χ0n) is 5.46. The van der Waals surface area contributed by atoms with E-state index in [1.165, 1.54) is 11.5 Å². The van der Waals surface area contributed by atoms with Crippen LogP contribution in [-0.4, -0.2) is 11.0 Å². The second-order valence-corrected chi connectivity index (χ2v) is 3.08. The van der Waals surface area contributed by atoms with Gasteiger partial charge in [0.1, 0.15) is 5.00 Å². The first-order chi connectivity index (χ1) is 4.88. The van der Waals surface area contributed by atoms with Crippen LogP contribution in [-0.2, 0) is 17.8 Å². The number of ether oxygens (including phenoxy) is 1. The molecule has 0 amide bonds. The second kappa shape index (κ2) is 2.21. The van der Waals surface area contributed by atoms with Crippen molar-refractivity contribution in [2.24, 2.45) is 0 Å². The van der Waals surface area contributed by atoms with Gasteiger partial charge in [0, 0.05) is 12.0 Å². The zero-order chi connectivity index (χ0) is 6.97. The van der Waals surface area contributed by atoms with Gasteiger partial charge in [0.2, 0.25) is 0 Å². The average Bonchev–Trinajstić information content (AvgIpc) is 2.34. The first kappa shape index (κ1) is 6.12. The number of nitrogens with two attached hydrogens (primary N) is 1. The Hall–Kier alpha value is -0.610. The molecule has 2 N–H and O–H groups in total. The fourth-order valence-electron chi connectivity index (χ4n) is 1.05. The van der Waals surface area contributed by atoms with Crippen molar-refractivity contribution in [3.05, 3.63) is 11.3 Å². The van der Waals surface area contributed by atoms with Crippen molar-refractivity contribution >= 4 is 16.5 Å². The molecule has 1 aliphatic heterocycles. The number of fused-ring (bicyclic) bond motifs is 1. The molecule has 54 valence electrons. The van der Waals surface area contributed by atoms with E-state index in [2.05, 4.69) is 4.37 Å². The predicted molar refractivity (Wildman–Crippen MR) is 39.9 cm³/mol. The van der Waals surface area contributed by atoms with E-state index in [-0.39, 0.29) is 0 Å². The Morgan fingerprint density at radius 1 is 1.60 bits per heavy atom. The Bertz CT molecular complexity index is 246. The van der Waals surface area contributed by atoms with Crippen molar-refractivity contribution in [1.29, 1.82) is 0 Å². The van der Waals surface area contributed by atoms with Crippen molar-refractivity contribution in [2.75, 3.05) is 12.3 Å². The van der Waals surface area contributed by atoms with Gasteiger partial charge in [-0.25, -0.2) is 0 Å². The van der Waals surface area contributed by atoms with E-state index in [9.17, 15) is 0 Å². The molecule has 3 nitrogen and oxygen atoms in total. The molecule has 1 aromatic rings. The number of rotatable bonds is 0. The first-order valence-corrected chi connectivity index (χ1v) is 3.96. The lowest BCUT2D eigenvalue weighted by atomic mass is 10.2.